The Hall–Kier alpha value is -3.80. The highest BCUT2D eigenvalue weighted by Crippen LogP contribution is 2.42. The molecular weight excluding hydrogens is 399 g/mol. The standard InChI is InChI=1S/C21H14F3N3O3/c22-21(23,24)16-9-8-13(19(28)26-16)20(29)27-18-12-5-1-2-6-14(12)30-15-7-3-4-11(10-25)17(15)18/h1,3-5,7-9,18H,2,6H2,(H,26,28)(H,27,29). The van der Waals surface area contributed by atoms with Crippen molar-refractivity contribution in [2.75, 3.05) is 0 Å². The number of halogens is 3. The third-order valence-electron chi connectivity index (χ3n) is 4.91. The summed E-state index contributed by atoms with van der Waals surface area (Å²) in [5.41, 5.74) is -1.52. The lowest BCUT2D eigenvalue weighted by molar-refractivity contribution is -0.141. The first-order chi connectivity index (χ1) is 14.3. The number of nitriles is 1. The Bertz CT molecular complexity index is 1200. The van der Waals surface area contributed by atoms with Gasteiger partial charge in [-0.25, -0.2) is 0 Å². The van der Waals surface area contributed by atoms with Gasteiger partial charge in [-0.3, -0.25) is 9.59 Å². The zero-order valence-corrected chi connectivity index (χ0v) is 15.3. The normalized spacial score (nSPS) is 17.5. The number of rotatable bonds is 2. The third-order valence-corrected chi connectivity index (χ3v) is 4.91. The lowest BCUT2D eigenvalue weighted by atomic mass is 9.87. The number of H-pyrrole nitrogens is 1. The van der Waals surface area contributed by atoms with Crippen molar-refractivity contribution in [3.63, 3.8) is 0 Å². The van der Waals surface area contributed by atoms with Gasteiger partial charge in [0.25, 0.3) is 11.5 Å². The van der Waals surface area contributed by atoms with Crippen LogP contribution in [0.3, 0.4) is 0 Å². The molecule has 2 N–H and O–H groups in total. The number of fused-ring (bicyclic) bond motifs is 1. The highest BCUT2D eigenvalue weighted by Gasteiger charge is 2.35. The molecule has 1 amide bonds. The van der Waals surface area contributed by atoms with E-state index in [1.807, 2.05) is 6.08 Å². The lowest BCUT2D eigenvalue weighted by Gasteiger charge is -2.32. The third kappa shape index (κ3) is 3.37. The van der Waals surface area contributed by atoms with E-state index in [4.69, 9.17) is 4.74 Å². The van der Waals surface area contributed by atoms with Crippen molar-refractivity contribution in [3.05, 3.63) is 86.6 Å². The molecule has 9 heteroatoms. The van der Waals surface area contributed by atoms with Crippen molar-refractivity contribution in [3.8, 4) is 11.8 Å². The number of nitrogens with zero attached hydrogens (tertiary/aromatic N) is 1. The second-order valence-electron chi connectivity index (χ2n) is 6.77. The van der Waals surface area contributed by atoms with Crippen LogP contribution in [0.1, 0.15) is 46.1 Å². The molecule has 2 heterocycles. The summed E-state index contributed by atoms with van der Waals surface area (Å²) in [6.07, 6.45) is 0.271. The molecule has 1 aromatic heterocycles. The number of allylic oxidation sites excluding steroid dienone is 2. The second-order valence-corrected chi connectivity index (χ2v) is 6.77. The molecule has 1 aliphatic heterocycles. The van der Waals surface area contributed by atoms with E-state index in [0.717, 1.165) is 12.5 Å². The molecule has 0 fully saturated rings. The quantitative estimate of drug-likeness (QED) is 0.784. The topological polar surface area (TPSA) is 95.0 Å². The molecule has 0 radical (unpaired) electrons. The fourth-order valence-corrected chi connectivity index (χ4v) is 3.52. The molecule has 1 unspecified atom stereocenters. The summed E-state index contributed by atoms with van der Waals surface area (Å²) >= 11 is 0. The van der Waals surface area contributed by atoms with Gasteiger partial charge in [-0.2, -0.15) is 18.4 Å². The summed E-state index contributed by atoms with van der Waals surface area (Å²) in [4.78, 5) is 26.6. The smallest absolute Gasteiger partial charge is 0.431 e. The molecule has 1 aliphatic carbocycles. The van der Waals surface area contributed by atoms with Crippen molar-refractivity contribution in [2.24, 2.45) is 0 Å². The first-order valence-corrected chi connectivity index (χ1v) is 9.01. The van der Waals surface area contributed by atoms with Gasteiger partial charge >= 0.3 is 6.18 Å². The van der Waals surface area contributed by atoms with Gasteiger partial charge in [0.1, 0.15) is 22.8 Å². The molecule has 1 aromatic carbocycles. The van der Waals surface area contributed by atoms with Gasteiger partial charge < -0.3 is 15.0 Å². The molecule has 0 bridgehead atoms. The molecule has 30 heavy (non-hydrogen) atoms. The number of nitrogens with one attached hydrogen (secondary N) is 2. The van der Waals surface area contributed by atoms with Gasteiger partial charge in [0, 0.05) is 17.6 Å². The number of benzene rings is 1. The number of alkyl halides is 3. The Labute approximate surface area is 168 Å². The minimum atomic E-state index is -4.73. The van der Waals surface area contributed by atoms with Gasteiger partial charge in [-0.05, 0) is 30.7 Å². The Morgan fingerprint density at radius 3 is 2.77 bits per heavy atom. The van der Waals surface area contributed by atoms with E-state index in [0.29, 0.717) is 35.1 Å². The summed E-state index contributed by atoms with van der Waals surface area (Å²) in [7, 11) is 0. The molecule has 0 saturated carbocycles. The van der Waals surface area contributed by atoms with E-state index in [1.54, 1.807) is 29.3 Å². The number of hydrogen-bond acceptors (Lipinski definition) is 4. The molecule has 4 rings (SSSR count). The van der Waals surface area contributed by atoms with Crippen LogP contribution in [-0.2, 0) is 6.18 Å². The zero-order valence-electron chi connectivity index (χ0n) is 15.3. The lowest BCUT2D eigenvalue weighted by Crippen LogP contribution is -2.36. The van der Waals surface area contributed by atoms with E-state index < -0.39 is 34.9 Å². The molecule has 0 saturated heterocycles. The van der Waals surface area contributed by atoms with Crippen molar-refractivity contribution < 1.29 is 22.7 Å². The fourth-order valence-electron chi connectivity index (χ4n) is 3.52. The van der Waals surface area contributed by atoms with Crippen LogP contribution < -0.4 is 15.6 Å². The number of ether oxygens (including phenoxy) is 1. The van der Waals surface area contributed by atoms with Crippen LogP contribution in [0.25, 0.3) is 0 Å². The summed E-state index contributed by atoms with van der Waals surface area (Å²) < 4.78 is 44.2. The van der Waals surface area contributed by atoms with Crippen LogP contribution in [0.4, 0.5) is 13.2 Å². The number of aromatic amines is 1. The maximum Gasteiger partial charge on any atom is 0.431 e. The number of carbonyl (C=O) groups is 1. The van der Waals surface area contributed by atoms with Crippen LogP contribution in [-0.4, -0.2) is 10.9 Å². The molecule has 0 spiro atoms. The summed E-state index contributed by atoms with van der Waals surface area (Å²) in [5.74, 6) is 0.183. The van der Waals surface area contributed by atoms with E-state index in [2.05, 4.69) is 11.4 Å². The maximum atomic E-state index is 12.8. The number of pyridine rings is 1. The number of hydrogen-bond donors (Lipinski definition) is 2. The minimum absolute atomic E-state index is 0.282. The van der Waals surface area contributed by atoms with Crippen molar-refractivity contribution in [1.29, 1.82) is 5.26 Å². The van der Waals surface area contributed by atoms with Gasteiger partial charge in [0.2, 0.25) is 0 Å². The Morgan fingerprint density at radius 2 is 2.07 bits per heavy atom. The van der Waals surface area contributed by atoms with Crippen molar-refractivity contribution >= 4 is 5.91 Å². The average molecular weight is 413 g/mol. The number of amides is 1. The second kappa shape index (κ2) is 7.22. The molecule has 2 aliphatic rings. The molecule has 1 atom stereocenters. The predicted molar refractivity (Wildman–Crippen MR) is 99.5 cm³/mol. The van der Waals surface area contributed by atoms with Crippen molar-refractivity contribution in [2.45, 2.75) is 25.1 Å². The predicted octanol–water partition coefficient (Wildman–Crippen LogP) is 3.73. The van der Waals surface area contributed by atoms with E-state index in [-0.39, 0.29) is 5.56 Å². The minimum Gasteiger partial charge on any atom is -0.461 e. The first-order valence-electron chi connectivity index (χ1n) is 9.01. The largest absolute Gasteiger partial charge is 0.461 e. The number of carbonyl (C=O) groups excluding carboxylic acids is 1. The van der Waals surface area contributed by atoms with Gasteiger partial charge in [-0.15, -0.1) is 0 Å². The summed E-state index contributed by atoms with van der Waals surface area (Å²) in [6, 6.07) is 7.64. The van der Waals surface area contributed by atoms with Crippen LogP contribution in [0.2, 0.25) is 0 Å². The summed E-state index contributed by atoms with van der Waals surface area (Å²) in [5, 5.41) is 12.2. The zero-order chi connectivity index (χ0) is 21.5. The maximum absolute atomic E-state index is 12.8. The van der Waals surface area contributed by atoms with Crippen molar-refractivity contribution in [1.82, 2.24) is 10.3 Å². The molecule has 2 aromatic rings. The highest BCUT2D eigenvalue weighted by molar-refractivity contribution is 5.94. The van der Waals surface area contributed by atoms with Crippen LogP contribution in [0.15, 0.2) is 58.6 Å². The SMILES string of the molecule is N#Cc1cccc2c1C(NC(=O)c1ccc(C(F)(F)F)[nH]c1=O)C1=C(CCC=C1)O2. The molecular formula is C21H14F3N3O3. The van der Waals surface area contributed by atoms with E-state index >= 15 is 0 Å². The first kappa shape index (κ1) is 19.5. The summed E-state index contributed by atoms with van der Waals surface area (Å²) in [6.45, 7) is 0. The Kier molecular flexibility index (Phi) is 4.70. The van der Waals surface area contributed by atoms with Gasteiger partial charge in [-0.1, -0.05) is 18.2 Å². The average Bonchev–Trinajstić information content (AvgIpc) is 2.72. The van der Waals surface area contributed by atoms with Gasteiger partial charge in [0.05, 0.1) is 17.7 Å². The monoisotopic (exact) mass is 413 g/mol. The molecule has 152 valence electrons. The molecule has 6 nitrogen and oxygen atoms in total. The van der Waals surface area contributed by atoms with Crippen LogP contribution in [0, 0.1) is 11.3 Å². The Morgan fingerprint density at radius 1 is 1.27 bits per heavy atom. The van der Waals surface area contributed by atoms with Gasteiger partial charge in [0.15, 0.2) is 0 Å². The number of aromatic nitrogens is 1. The Balaban J connectivity index is 1.74. The highest BCUT2D eigenvalue weighted by atomic mass is 19.4. The van der Waals surface area contributed by atoms with Crippen LogP contribution >= 0.6 is 0 Å². The van der Waals surface area contributed by atoms with E-state index in [1.165, 1.54) is 0 Å². The van der Waals surface area contributed by atoms with E-state index in [9.17, 15) is 28.0 Å². The fraction of sp³-hybridized carbons (Fsp3) is 0.190. The van der Waals surface area contributed by atoms with Crippen LogP contribution in [0.5, 0.6) is 5.75 Å².